The summed E-state index contributed by atoms with van der Waals surface area (Å²) < 4.78 is 24.9. The molecular weight excluding hydrogens is 361 g/mol. The van der Waals surface area contributed by atoms with Crippen molar-refractivity contribution in [2.75, 3.05) is 44.8 Å². The molecule has 2 aromatic rings. The van der Waals surface area contributed by atoms with E-state index in [1.807, 2.05) is 31.2 Å². The molecule has 7 heteroatoms. The zero-order chi connectivity index (χ0) is 19.8. The van der Waals surface area contributed by atoms with Crippen LogP contribution in [0.25, 0.3) is 0 Å². The molecule has 1 saturated heterocycles. The van der Waals surface area contributed by atoms with Crippen LogP contribution < -0.4 is 15.4 Å². The molecule has 3 rings (SSSR count). The number of ether oxygens (including phenoxy) is 2. The van der Waals surface area contributed by atoms with Gasteiger partial charge in [-0.25, -0.2) is 9.18 Å². The predicted molar refractivity (Wildman–Crippen MR) is 106 cm³/mol. The highest BCUT2D eigenvalue weighted by atomic mass is 19.1. The minimum Gasteiger partial charge on any atom is -0.492 e. The molecule has 1 heterocycles. The highest BCUT2D eigenvalue weighted by Crippen LogP contribution is 2.16. The van der Waals surface area contributed by atoms with Crippen molar-refractivity contribution in [3.05, 3.63) is 59.4 Å². The van der Waals surface area contributed by atoms with Crippen LogP contribution in [0.1, 0.15) is 11.1 Å². The molecule has 1 aliphatic heterocycles. The lowest BCUT2D eigenvalue weighted by Gasteiger charge is -2.26. The van der Waals surface area contributed by atoms with E-state index in [1.54, 1.807) is 12.1 Å². The molecule has 2 amide bonds. The number of amides is 2. The molecule has 0 spiro atoms. The van der Waals surface area contributed by atoms with Gasteiger partial charge in [-0.2, -0.15) is 0 Å². The molecule has 0 saturated carbocycles. The molecule has 2 N–H and O–H groups in total. The lowest BCUT2D eigenvalue weighted by Crippen LogP contribution is -2.38. The molecule has 0 atom stereocenters. The lowest BCUT2D eigenvalue weighted by atomic mass is 10.2. The maximum atomic E-state index is 13.7. The van der Waals surface area contributed by atoms with Gasteiger partial charge in [0.25, 0.3) is 0 Å². The van der Waals surface area contributed by atoms with E-state index in [0.717, 1.165) is 49.7 Å². The van der Waals surface area contributed by atoms with Crippen LogP contribution in [0.3, 0.4) is 0 Å². The summed E-state index contributed by atoms with van der Waals surface area (Å²) >= 11 is 0. The van der Waals surface area contributed by atoms with Gasteiger partial charge in [-0.15, -0.1) is 0 Å². The van der Waals surface area contributed by atoms with Gasteiger partial charge in [-0.05, 0) is 42.3 Å². The van der Waals surface area contributed by atoms with Crippen LogP contribution in [0.2, 0.25) is 0 Å². The van der Waals surface area contributed by atoms with Crippen molar-refractivity contribution < 1.29 is 18.7 Å². The fourth-order valence-corrected chi connectivity index (χ4v) is 2.95. The van der Waals surface area contributed by atoms with E-state index in [2.05, 4.69) is 15.5 Å². The average Bonchev–Trinajstić information content (AvgIpc) is 2.70. The van der Waals surface area contributed by atoms with Crippen LogP contribution in [0.4, 0.5) is 14.9 Å². The summed E-state index contributed by atoms with van der Waals surface area (Å²) in [5, 5.41) is 5.27. The van der Waals surface area contributed by atoms with E-state index < -0.39 is 11.8 Å². The Morgan fingerprint density at radius 1 is 1.21 bits per heavy atom. The molecular formula is C21H26FN3O3. The second-order valence-electron chi connectivity index (χ2n) is 6.74. The monoisotopic (exact) mass is 387 g/mol. The maximum Gasteiger partial charge on any atom is 0.319 e. The van der Waals surface area contributed by atoms with Crippen LogP contribution in [-0.2, 0) is 11.3 Å². The van der Waals surface area contributed by atoms with Gasteiger partial charge in [0.05, 0.1) is 18.9 Å². The summed E-state index contributed by atoms with van der Waals surface area (Å²) in [7, 11) is 0. The first-order valence-corrected chi connectivity index (χ1v) is 9.43. The largest absolute Gasteiger partial charge is 0.492 e. The molecule has 1 aliphatic rings. The Kier molecular flexibility index (Phi) is 7.22. The molecule has 1 fully saturated rings. The van der Waals surface area contributed by atoms with Gasteiger partial charge >= 0.3 is 6.03 Å². The average molecular weight is 387 g/mol. The maximum absolute atomic E-state index is 13.7. The van der Waals surface area contributed by atoms with Gasteiger partial charge in [0.15, 0.2) is 0 Å². The predicted octanol–water partition coefficient (Wildman–Crippen LogP) is 3.17. The first-order chi connectivity index (χ1) is 13.6. The van der Waals surface area contributed by atoms with Gasteiger partial charge < -0.3 is 20.1 Å². The van der Waals surface area contributed by atoms with Crippen LogP contribution in [0.15, 0.2) is 42.5 Å². The first-order valence-electron chi connectivity index (χ1n) is 9.43. The normalized spacial score (nSPS) is 14.5. The standard InChI is InChI=1S/C21H26FN3O3/c1-16-5-6-19(22)20(13-16)24-21(26)23-15-17-3-2-4-18(14-17)28-12-9-25-7-10-27-11-8-25/h2-6,13-14H,7-12,15H2,1H3,(H2,23,24,26). The molecule has 2 aromatic carbocycles. The number of hydrogen-bond donors (Lipinski definition) is 2. The minimum absolute atomic E-state index is 0.165. The lowest BCUT2D eigenvalue weighted by molar-refractivity contribution is 0.0322. The summed E-state index contributed by atoms with van der Waals surface area (Å²) in [6, 6.07) is 11.7. The van der Waals surface area contributed by atoms with E-state index in [9.17, 15) is 9.18 Å². The number of rotatable bonds is 7. The summed E-state index contributed by atoms with van der Waals surface area (Å²) in [5.74, 6) is 0.300. The number of nitrogens with one attached hydrogen (secondary N) is 2. The summed E-state index contributed by atoms with van der Waals surface area (Å²) in [5.41, 5.74) is 1.94. The highest BCUT2D eigenvalue weighted by molar-refractivity contribution is 5.89. The summed E-state index contributed by atoms with van der Waals surface area (Å²) in [6.45, 7) is 7.03. The zero-order valence-electron chi connectivity index (χ0n) is 16.0. The third-order valence-corrected chi connectivity index (χ3v) is 4.50. The van der Waals surface area contributed by atoms with Crippen LogP contribution >= 0.6 is 0 Å². The van der Waals surface area contributed by atoms with Gasteiger partial charge in [0.1, 0.15) is 18.2 Å². The van der Waals surface area contributed by atoms with Crippen molar-refractivity contribution in [2.24, 2.45) is 0 Å². The van der Waals surface area contributed by atoms with Gasteiger partial charge in [-0.1, -0.05) is 18.2 Å². The second kappa shape index (κ2) is 10.1. The topological polar surface area (TPSA) is 62.8 Å². The number of benzene rings is 2. The first kappa shape index (κ1) is 20.1. The van der Waals surface area contributed by atoms with Crippen LogP contribution in [0.5, 0.6) is 5.75 Å². The summed E-state index contributed by atoms with van der Waals surface area (Å²) in [4.78, 5) is 14.4. The van der Waals surface area contributed by atoms with Gasteiger partial charge in [0.2, 0.25) is 0 Å². The SMILES string of the molecule is Cc1ccc(F)c(NC(=O)NCc2cccc(OCCN3CCOCC3)c2)c1. The molecule has 28 heavy (non-hydrogen) atoms. The number of morpholine rings is 1. The number of carbonyl (C=O) groups excluding carboxylic acids is 1. The second-order valence-corrected chi connectivity index (χ2v) is 6.74. The van der Waals surface area contributed by atoms with E-state index in [0.29, 0.717) is 13.2 Å². The van der Waals surface area contributed by atoms with Crippen molar-refractivity contribution in [1.29, 1.82) is 0 Å². The zero-order valence-corrected chi connectivity index (χ0v) is 16.0. The fraction of sp³-hybridized carbons (Fsp3) is 0.381. The molecule has 0 radical (unpaired) electrons. The molecule has 6 nitrogen and oxygen atoms in total. The highest BCUT2D eigenvalue weighted by Gasteiger charge is 2.10. The Bertz CT molecular complexity index is 794. The number of nitrogens with zero attached hydrogens (tertiary/aromatic N) is 1. The Morgan fingerprint density at radius 2 is 2.04 bits per heavy atom. The molecule has 0 bridgehead atoms. The van der Waals surface area contributed by atoms with E-state index in [4.69, 9.17) is 9.47 Å². The van der Waals surface area contributed by atoms with Crippen molar-refractivity contribution in [1.82, 2.24) is 10.2 Å². The van der Waals surface area contributed by atoms with Gasteiger partial charge in [-0.3, -0.25) is 4.90 Å². The number of anilines is 1. The smallest absolute Gasteiger partial charge is 0.319 e. The van der Waals surface area contributed by atoms with Crippen molar-refractivity contribution in [2.45, 2.75) is 13.5 Å². The minimum atomic E-state index is -0.462. The molecule has 0 aromatic heterocycles. The Morgan fingerprint density at radius 3 is 2.86 bits per heavy atom. The molecule has 150 valence electrons. The third kappa shape index (κ3) is 6.21. The fourth-order valence-electron chi connectivity index (χ4n) is 2.95. The van der Waals surface area contributed by atoms with E-state index in [1.165, 1.54) is 6.07 Å². The quantitative estimate of drug-likeness (QED) is 0.766. The number of carbonyl (C=O) groups is 1. The summed E-state index contributed by atoms with van der Waals surface area (Å²) in [6.07, 6.45) is 0. The Labute approximate surface area is 164 Å². The number of aryl methyl sites for hydroxylation is 1. The Balaban J connectivity index is 1.44. The third-order valence-electron chi connectivity index (χ3n) is 4.50. The number of urea groups is 1. The van der Waals surface area contributed by atoms with Crippen LogP contribution in [-0.4, -0.2) is 50.4 Å². The van der Waals surface area contributed by atoms with Crippen molar-refractivity contribution in [3.63, 3.8) is 0 Å². The number of halogens is 1. The Hall–Kier alpha value is -2.64. The van der Waals surface area contributed by atoms with Crippen molar-refractivity contribution in [3.8, 4) is 5.75 Å². The van der Waals surface area contributed by atoms with Crippen molar-refractivity contribution >= 4 is 11.7 Å². The molecule has 0 unspecified atom stereocenters. The molecule has 0 aliphatic carbocycles. The van der Waals surface area contributed by atoms with E-state index in [-0.39, 0.29) is 5.69 Å². The van der Waals surface area contributed by atoms with Crippen LogP contribution in [0, 0.1) is 12.7 Å². The van der Waals surface area contributed by atoms with Gasteiger partial charge in [0, 0.05) is 26.2 Å². The number of hydrogen-bond acceptors (Lipinski definition) is 4. The van der Waals surface area contributed by atoms with E-state index >= 15 is 0 Å².